The van der Waals surface area contributed by atoms with E-state index in [1.165, 1.54) is 6.20 Å². The Morgan fingerprint density at radius 2 is 2.15 bits per heavy atom. The molecule has 0 radical (unpaired) electrons. The van der Waals surface area contributed by atoms with Crippen LogP contribution in [-0.4, -0.2) is 41.6 Å². The molecule has 0 spiro atoms. The second-order valence-corrected chi connectivity index (χ2v) is 7.25. The Morgan fingerprint density at radius 1 is 1.50 bits per heavy atom. The van der Waals surface area contributed by atoms with E-state index in [9.17, 15) is 8.42 Å². The lowest BCUT2D eigenvalue weighted by atomic mass is 9.93. The summed E-state index contributed by atoms with van der Waals surface area (Å²) >= 11 is 0. The Balaban J connectivity index is 0.00000200. The zero-order chi connectivity index (χ0) is 14.2. The van der Waals surface area contributed by atoms with Gasteiger partial charge in [-0.3, -0.25) is 4.68 Å². The number of hydrogen-bond donors (Lipinski definition) is 1. The molecule has 1 aromatic rings. The first-order chi connectivity index (χ1) is 8.84. The first-order valence-corrected chi connectivity index (χ1v) is 8.02. The molecule has 1 aliphatic rings. The minimum atomic E-state index is -3.44. The van der Waals surface area contributed by atoms with Crippen LogP contribution in [0.5, 0.6) is 0 Å². The van der Waals surface area contributed by atoms with Gasteiger partial charge in [0.15, 0.2) is 0 Å². The van der Waals surface area contributed by atoms with E-state index in [1.807, 2.05) is 6.92 Å². The zero-order valence-electron chi connectivity index (χ0n) is 12.1. The van der Waals surface area contributed by atoms with Crippen LogP contribution >= 0.6 is 12.4 Å². The van der Waals surface area contributed by atoms with Gasteiger partial charge in [-0.1, -0.05) is 0 Å². The predicted molar refractivity (Wildman–Crippen MR) is 80.3 cm³/mol. The predicted octanol–water partition coefficient (Wildman–Crippen LogP) is 0.898. The van der Waals surface area contributed by atoms with Crippen LogP contribution in [0.15, 0.2) is 11.1 Å². The summed E-state index contributed by atoms with van der Waals surface area (Å²) in [5, 5.41) is 4.02. The molecule has 8 heteroatoms. The summed E-state index contributed by atoms with van der Waals surface area (Å²) in [6.07, 6.45) is 3.29. The van der Waals surface area contributed by atoms with Crippen molar-refractivity contribution in [2.75, 3.05) is 13.1 Å². The molecule has 20 heavy (non-hydrogen) atoms. The Labute approximate surface area is 126 Å². The Morgan fingerprint density at radius 3 is 2.65 bits per heavy atom. The molecule has 2 N–H and O–H groups in total. The maximum absolute atomic E-state index is 12.6. The first kappa shape index (κ1) is 17.4. The van der Waals surface area contributed by atoms with E-state index in [0.717, 1.165) is 12.8 Å². The molecule has 1 aromatic heterocycles. The normalized spacial score (nSPS) is 22.3. The molecule has 2 unspecified atom stereocenters. The van der Waals surface area contributed by atoms with Gasteiger partial charge in [0.1, 0.15) is 4.90 Å². The van der Waals surface area contributed by atoms with E-state index in [-0.39, 0.29) is 24.4 Å². The fraction of sp³-hybridized carbons (Fsp3) is 0.750. The molecule has 0 bridgehead atoms. The van der Waals surface area contributed by atoms with Crippen LogP contribution < -0.4 is 5.73 Å². The van der Waals surface area contributed by atoms with Crippen LogP contribution in [0.4, 0.5) is 0 Å². The third-order valence-electron chi connectivity index (χ3n) is 3.97. The van der Waals surface area contributed by atoms with Crippen molar-refractivity contribution in [1.29, 1.82) is 0 Å². The lowest BCUT2D eigenvalue weighted by Gasteiger charge is -2.33. The first-order valence-electron chi connectivity index (χ1n) is 6.58. The molecule has 0 saturated carbocycles. The Hall–Kier alpha value is -0.630. The molecule has 0 amide bonds. The molecule has 2 atom stereocenters. The highest BCUT2D eigenvalue weighted by molar-refractivity contribution is 7.89. The number of halogens is 1. The third-order valence-corrected chi connectivity index (χ3v) is 5.94. The largest absolute Gasteiger partial charge is 0.328 e. The van der Waals surface area contributed by atoms with Gasteiger partial charge in [0.25, 0.3) is 0 Å². The fourth-order valence-electron chi connectivity index (χ4n) is 2.49. The number of hydrogen-bond acceptors (Lipinski definition) is 4. The van der Waals surface area contributed by atoms with E-state index < -0.39 is 10.0 Å². The molecular weight excluding hydrogens is 300 g/mol. The number of piperidine rings is 1. The van der Waals surface area contributed by atoms with Crippen molar-refractivity contribution in [3.05, 3.63) is 11.9 Å². The van der Waals surface area contributed by atoms with Crippen molar-refractivity contribution < 1.29 is 8.42 Å². The van der Waals surface area contributed by atoms with Crippen LogP contribution in [0.2, 0.25) is 0 Å². The van der Waals surface area contributed by atoms with Gasteiger partial charge in [-0.25, -0.2) is 8.42 Å². The standard InChI is InChI=1S/C12H22N4O2S.ClH/c1-9(13)11-5-4-6-16(8-11)19(17,18)12-7-14-15(3)10(12)2;/h7,9,11H,4-6,8,13H2,1-3H3;1H. The second-order valence-electron chi connectivity index (χ2n) is 5.34. The lowest BCUT2D eigenvalue weighted by molar-refractivity contribution is 0.243. The van der Waals surface area contributed by atoms with Crippen molar-refractivity contribution >= 4 is 22.4 Å². The van der Waals surface area contributed by atoms with Crippen LogP contribution in [0, 0.1) is 12.8 Å². The Kier molecular flexibility index (Phi) is 5.60. The van der Waals surface area contributed by atoms with Gasteiger partial charge < -0.3 is 5.73 Å². The Bertz CT molecular complexity index is 556. The summed E-state index contributed by atoms with van der Waals surface area (Å²) in [5.41, 5.74) is 6.58. The summed E-state index contributed by atoms with van der Waals surface area (Å²) < 4.78 is 28.4. The topological polar surface area (TPSA) is 81.2 Å². The van der Waals surface area contributed by atoms with Crippen LogP contribution in [0.1, 0.15) is 25.5 Å². The molecule has 6 nitrogen and oxygen atoms in total. The minimum Gasteiger partial charge on any atom is -0.328 e. The maximum Gasteiger partial charge on any atom is 0.246 e. The molecular formula is C12H23ClN4O2S. The summed E-state index contributed by atoms with van der Waals surface area (Å²) in [7, 11) is -1.70. The van der Waals surface area contributed by atoms with E-state index in [0.29, 0.717) is 23.7 Å². The summed E-state index contributed by atoms with van der Waals surface area (Å²) in [5.74, 6) is 0.237. The smallest absolute Gasteiger partial charge is 0.246 e. The van der Waals surface area contributed by atoms with E-state index in [4.69, 9.17) is 5.73 Å². The van der Waals surface area contributed by atoms with Gasteiger partial charge in [0, 0.05) is 26.2 Å². The minimum absolute atomic E-state index is 0. The fourth-order valence-corrected chi connectivity index (χ4v) is 4.21. The highest BCUT2D eigenvalue weighted by Crippen LogP contribution is 2.26. The van der Waals surface area contributed by atoms with Crippen molar-refractivity contribution in [3.63, 3.8) is 0 Å². The highest BCUT2D eigenvalue weighted by atomic mass is 35.5. The van der Waals surface area contributed by atoms with E-state index in [1.54, 1.807) is 23.0 Å². The van der Waals surface area contributed by atoms with Crippen molar-refractivity contribution in [1.82, 2.24) is 14.1 Å². The monoisotopic (exact) mass is 322 g/mol. The molecule has 1 saturated heterocycles. The number of nitrogens with zero attached hydrogens (tertiary/aromatic N) is 3. The number of rotatable bonds is 3. The second kappa shape index (κ2) is 6.43. The van der Waals surface area contributed by atoms with Crippen molar-refractivity contribution in [3.8, 4) is 0 Å². The SMILES string of the molecule is Cc1c(S(=O)(=O)N2CCCC(C(C)N)C2)cnn1C.Cl. The highest BCUT2D eigenvalue weighted by Gasteiger charge is 2.33. The zero-order valence-corrected chi connectivity index (χ0v) is 13.7. The third kappa shape index (κ3) is 3.16. The summed E-state index contributed by atoms with van der Waals surface area (Å²) in [6, 6.07) is 0.0213. The number of sulfonamides is 1. The molecule has 0 aromatic carbocycles. The van der Waals surface area contributed by atoms with Crippen LogP contribution in [0.25, 0.3) is 0 Å². The molecule has 0 aliphatic carbocycles. The van der Waals surface area contributed by atoms with Gasteiger partial charge in [0.2, 0.25) is 10.0 Å². The number of aryl methyl sites for hydroxylation is 1. The number of nitrogens with two attached hydrogens (primary N) is 1. The average molecular weight is 323 g/mol. The van der Waals surface area contributed by atoms with Crippen LogP contribution in [-0.2, 0) is 17.1 Å². The van der Waals surface area contributed by atoms with Gasteiger partial charge in [-0.15, -0.1) is 12.4 Å². The van der Waals surface area contributed by atoms with Crippen molar-refractivity contribution in [2.45, 2.75) is 37.6 Å². The molecule has 2 rings (SSSR count). The molecule has 116 valence electrons. The van der Waals surface area contributed by atoms with Gasteiger partial charge in [-0.05, 0) is 32.6 Å². The quantitative estimate of drug-likeness (QED) is 0.896. The van der Waals surface area contributed by atoms with E-state index in [2.05, 4.69) is 5.10 Å². The van der Waals surface area contributed by atoms with Gasteiger partial charge in [0.05, 0.1) is 11.9 Å². The molecule has 1 fully saturated rings. The molecule has 2 heterocycles. The summed E-state index contributed by atoms with van der Waals surface area (Å²) in [6.45, 7) is 4.79. The summed E-state index contributed by atoms with van der Waals surface area (Å²) in [4.78, 5) is 0.306. The average Bonchev–Trinajstić information content (AvgIpc) is 2.70. The lowest BCUT2D eigenvalue weighted by Crippen LogP contribution is -2.45. The van der Waals surface area contributed by atoms with E-state index >= 15 is 0 Å². The number of aromatic nitrogens is 2. The van der Waals surface area contributed by atoms with Gasteiger partial charge in [-0.2, -0.15) is 9.40 Å². The maximum atomic E-state index is 12.6. The molecule has 1 aliphatic heterocycles. The van der Waals surface area contributed by atoms with Crippen LogP contribution in [0.3, 0.4) is 0 Å². The van der Waals surface area contributed by atoms with Gasteiger partial charge >= 0.3 is 0 Å². The van der Waals surface area contributed by atoms with Crippen molar-refractivity contribution in [2.24, 2.45) is 18.7 Å².